The topological polar surface area (TPSA) is 0 Å². The predicted octanol–water partition coefficient (Wildman–Crippen LogP) is 4.17. The molecule has 16 heavy (non-hydrogen) atoms. The van der Waals surface area contributed by atoms with Gasteiger partial charge in [-0.25, -0.2) is 12.2 Å². The fourth-order valence-corrected chi connectivity index (χ4v) is 1.90. The van der Waals surface area contributed by atoms with Gasteiger partial charge in [0.15, 0.2) is 0 Å². The van der Waals surface area contributed by atoms with Crippen LogP contribution in [0, 0.1) is 5.70 Å². The van der Waals surface area contributed by atoms with E-state index in [1.165, 1.54) is 0 Å². The van der Waals surface area contributed by atoms with E-state index in [0.717, 1.165) is 9.52 Å². The summed E-state index contributed by atoms with van der Waals surface area (Å²) in [7, 11) is -1.33. The first-order chi connectivity index (χ1) is 6.62. The second-order valence-electron chi connectivity index (χ2n) is 5.86. The summed E-state index contributed by atoms with van der Waals surface area (Å²) in [6.07, 6.45) is 4.27. The predicted molar refractivity (Wildman–Crippen MR) is 82.5 cm³/mol. The van der Waals surface area contributed by atoms with Crippen molar-refractivity contribution in [1.29, 1.82) is 0 Å². The Labute approximate surface area is 123 Å². The van der Waals surface area contributed by atoms with E-state index in [-0.39, 0.29) is 21.7 Å². The Morgan fingerprint density at radius 3 is 1.56 bits per heavy atom. The molecule has 4 heteroatoms. The van der Waals surface area contributed by atoms with Crippen LogP contribution < -0.4 is 0 Å². The molecule has 0 aromatic carbocycles. The zero-order valence-electron chi connectivity index (χ0n) is 12.3. The van der Waals surface area contributed by atoms with E-state index in [1.807, 2.05) is 0 Å². The molecular weight excluding hydrogens is 276 g/mol. The van der Waals surface area contributed by atoms with Gasteiger partial charge in [0.1, 0.15) is 0 Å². The minimum Gasteiger partial charge on any atom is -0.279 e. The second kappa shape index (κ2) is 11.0. The molecule has 0 aliphatic carbocycles. The summed E-state index contributed by atoms with van der Waals surface area (Å²) in [4.78, 5) is 0. The first-order valence-electron chi connectivity index (χ1n) is 5.65. The maximum atomic E-state index is 3.44. The molecule has 0 N–H and O–H groups in total. The van der Waals surface area contributed by atoms with Crippen LogP contribution in [0.2, 0.25) is 52.4 Å². The average molecular weight is 304 g/mol. The molecule has 0 spiro atoms. The van der Waals surface area contributed by atoms with Crippen LogP contribution in [0.3, 0.4) is 0 Å². The molecule has 1 radical (unpaired) electrons. The van der Waals surface area contributed by atoms with Gasteiger partial charge < -0.3 is 0 Å². The van der Waals surface area contributed by atoms with E-state index in [2.05, 4.69) is 75.9 Å². The van der Waals surface area contributed by atoms with Crippen LogP contribution in [-0.4, -0.2) is 25.7 Å². The molecule has 0 heterocycles. The molecule has 0 saturated heterocycles. The van der Waals surface area contributed by atoms with E-state index in [1.54, 1.807) is 0 Å². The van der Waals surface area contributed by atoms with E-state index >= 15 is 0 Å². The van der Waals surface area contributed by atoms with E-state index in [0.29, 0.717) is 0 Å². The average Bonchev–Trinajstić information content (AvgIpc) is 1.96. The van der Waals surface area contributed by atoms with Gasteiger partial charge >= 0.3 is 0 Å². The molecule has 0 unspecified atom stereocenters. The molecule has 0 nitrogen and oxygen atoms in total. The maximum absolute atomic E-state index is 3.44. The molecule has 0 bridgehead atoms. The minimum absolute atomic E-state index is 0. The molecule has 0 amide bonds. The smallest absolute Gasteiger partial charge is 0.0506 e. The summed E-state index contributed by atoms with van der Waals surface area (Å²) in [6, 6.07) is 0. The third-order valence-corrected chi connectivity index (χ3v) is 3.43. The molecule has 93 valence electrons. The number of hydrogen-bond donors (Lipinski definition) is 0. The quantitative estimate of drug-likeness (QED) is 0.417. The van der Waals surface area contributed by atoms with Crippen LogP contribution >= 0.6 is 0 Å². The number of allylic oxidation sites excluding steroid dienone is 2. The number of rotatable bonds is 3. The van der Waals surface area contributed by atoms with Gasteiger partial charge in [-0.05, 0) is 8.07 Å². The molecular formula is C12H28Si3Ti-. The fraction of sp³-hybridized carbons (Fsp3) is 0.667. The Hall–Kier alpha value is 0.845. The summed E-state index contributed by atoms with van der Waals surface area (Å²) in [5, 5.41) is 0. The zero-order chi connectivity index (χ0) is 12.5. The van der Waals surface area contributed by atoms with Crippen LogP contribution in [-0.2, 0) is 21.7 Å². The van der Waals surface area contributed by atoms with Gasteiger partial charge in [0.05, 0.1) is 8.07 Å². The summed E-state index contributed by atoms with van der Waals surface area (Å²) >= 11 is 0. The van der Waals surface area contributed by atoms with Crippen molar-refractivity contribution in [1.82, 2.24) is 0 Å². The molecule has 0 aliphatic heterocycles. The molecule has 0 fully saturated rings. The van der Waals surface area contributed by atoms with Crippen LogP contribution in [0.25, 0.3) is 0 Å². The maximum Gasteiger partial charge on any atom is 0.0506 e. The Morgan fingerprint density at radius 1 is 0.938 bits per heavy atom. The molecule has 0 atom stereocenters. The zero-order valence-corrected chi connectivity index (χ0v) is 17.0. The SMILES string of the molecule is C[SiH]C.C[Si](C)(C)[C-]=CC=C[Si](C)(C)C.[Ti]. The summed E-state index contributed by atoms with van der Waals surface area (Å²) in [6.45, 7) is 18.3. The van der Waals surface area contributed by atoms with Crippen molar-refractivity contribution >= 4 is 25.7 Å². The van der Waals surface area contributed by atoms with Gasteiger partial charge in [-0.1, -0.05) is 52.4 Å². The minimum atomic E-state index is -1.09. The van der Waals surface area contributed by atoms with Crippen molar-refractivity contribution in [2.75, 3.05) is 0 Å². The van der Waals surface area contributed by atoms with Crippen LogP contribution in [0.15, 0.2) is 17.9 Å². The number of hydrogen-bond acceptors (Lipinski definition) is 0. The van der Waals surface area contributed by atoms with Crippen molar-refractivity contribution in [3.8, 4) is 0 Å². The van der Waals surface area contributed by atoms with E-state index in [9.17, 15) is 0 Å². The van der Waals surface area contributed by atoms with E-state index < -0.39 is 16.1 Å². The van der Waals surface area contributed by atoms with Gasteiger partial charge in [-0.15, -0.1) is 0 Å². The molecule has 0 aromatic heterocycles. The van der Waals surface area contributed by atoms with Crippen LogP contribution in [0.5, 0.6) is 0 Å². The molecule has 0 aromatic rings. The Bertz CT molecular complexity index is 175. The van der Waals surface area contributed by atoms with Crippen molar-refractivity contribution in [3.05, 3.63) is 23.6 Å². The largest absolute Gasteiger partial charge is 0.279 e. The Kier molecular flexibility index (Phi) is 15.1. The van der Waals surface area contributed by atoms with Crippen molar-refractivity contribution in [2.24, 2.45) is 0 Å². The first-order valence-corrected chi connectivity index (χ1v) is 15.0. The van der Waals surface area contributed by atoms with Gasteiger partial charge in [-0.3, -0.25) is 5.70 Å². The first kappa shape index (κ1) is 22.1. The van der Waals surface area contributed by atoms with E-state index in [4.69, 9.17) is 0 Å². The monoisotopic (exact) mass is 304 g/mol. The third-order valence-electron chi connectivity index (χ3n) is 1.21. The van der Waals surface area contributed by atoms with Crippen molar-refractivity contribution in [2.45, 2.75) is 52.4 Å². The summed E-state index contributed by atoms with van der Waals surface area (Å²) in [5.41, 5.74) is 5.79. The standard InChI is InChI=1S/C10H21Si2.C2H7Si.Ti/c1-11(2,3)9-7-8-10-12(4,5)6;1-3-2;/h7-9H,1-6H3;3H,1-2H3;/q-1;;. The Morgan fingerprint density at radius 2 is 1.31 bits per heavy atom. The van der Waals surface area contributed by atoms with Crippen molar-refractivity contribution < 1.29 is 21.7 Å². The van der Waals surface area contributed by atoms with Gasteiger partial charge in [0.25, 0.3) is 0 Å². The normalized spacial score (nSPS) is 12.2. The van der Waals surface area contributed by atoms with Gasteiger partial charge in [-0.2, -0.15) is 5.70 Å². The van der Waals surface area contributed by atoms with Gasteiger partial charge in [0, 0.05) is 31.2 Å². The van der Waals surface area contributed by atoms with Gasteiger partial charge in [0.2, 0.25) is 0 Å². The third kappa shape index (κ3) is 29.4. The Balaban J connectivity index is -0.000000377. The molecule has 0 rings (SSSR count). The van der Waals surface area contributed by atoms with Crippen LogP contribution in [0.1, 0.15) is 0 Å². The van der Waals surface area contributed by atoms with Crippen molar-refractivity contribution in [3.63, 3.8) is 0 Å². The summed E-state index contributed by atoms with van der Waals surface area (Å²) < 4.78 is 0. The second-order valence-corrected chi connectivity index (χ2v) is 16.9. The van der Waals surface area contributed by atoms with Crippen LogP contribution in [0.4, 0.5) is 0 Å². The fourth-order valence-electron chi connectivity index (χ4n) is 0.635. The molecule has 0 saturated carbocycles. The summed E-state index contributed by atoms with van der Waals surface area (Å²) in [5.74, 6) is 0. The molecule has 0 aliphatic rings.